The number of carbonyl (C=O) groups excluding carboxylic acids is 2. The highest BCUT2D eigenvalue weighted by atomic mass is 32.2. The number of rotatable bonds is 5. The number of hydrogen-bond donors (Lipinski definition) is 1. The van der Waals surface area contributed by atoms with E-state index in [1.54, 1.807) is 18.7 Å². The summed E-state index contributed by atoms with van der Waals surface area (Å²) in [4.78, 5) is 35.7. The van der Waals surface area contributed by atoms with E-state index in [1.807, 2.05) is 6.08 Å². The third kappa shape index (κ3) is 3.41. The Morgan fingerprint density at radius 2 is 1.93 bits per heavy atom. The molecule has 4 aliphatic carbocycles. The molecule has 0 radical (unpaired) electrons. The first-order valence-corrected chi connectivity index (χ1v) is 12.3. The van der Waals surface area contributed by atoms with E-state index in [-0.39, 0.29) is 29.0 Å². The molecule has 3 fully saturated rings. The fraction of sp³-hybridized carbons (Fsp3) is 0.792. The minimum Gasteiger partial charge on any atom is -0.481 e. The zero-order valence-electron chi connectivity index (χ0n) is 17.9. The van der Waals surface area contributed by atoms with E-state index in [0.717, 1.165) is 38.5 Å². The molecule has 1 N–H and O–H groups in total. The third-order valence-corrected chi connectivity index (χ3v) is 10.4. The van der Waals surface area contributed by atoms with Crippen LogP contribution in [0.5, 0.6) is 0 Å². The maximum atomic E-state index is 12.4. The standard InChI is InChI=1S/C24H34O4S/c1-14(25)17-4-5-18-22-19(7-10-24(17,18)3)23(2)9-6-16(26)12-15(23)13-20(22)29-11-8-21(27)28/h12,17-20,22H,4-11,13H2,1-3H3,(H,27,28)/t17-,18?,19?,20-,22?,23+,24-/m1/s1. The van der Waals surface area contributed by atoms with Gasteiger partial charge in [0.1, 0.15) is 5.78 Å². The summed E-state index contributed by atoms with van der Waals surface area (Å²) in [6, 6.07) is 0. The van der Waals surface area contributed by atoms with Crippen LogP contribution in [0.1, 0.15) is 72.1 Å². The van der Waals surface area contributed by atoms with Crippen molar-refractivity contribution in [3.8, 4) is 0 Å². The van der Waals surface area contributed by atoms with E-state index in [2.05, 4.69) is 13.8 Å². The van der Waals surface area contributed by atoms with Gasteiger partial charge in [-0.1, -0.05) is 19.4 Å². The van der Waals surface area contributed by atoms with Gasteiger partial charge in [-0.15, -0.1) is 0 Å². The first-order valence-electron chi connectivity index (χ1n) is 11.2. The molecular weight excluding hydrogens is 384 g/mol. The van der Waals surface area contributed by atoms with E-state index in [4.69, 9.17) is 5.11 Å². The van der Waals surface area contributed by atoms with Crippen LogP contribution in [0.3, 0.4) is 0 Å². The normalized spacial score (nSPS) is 43.8. The number of allylic oxidation sites excluding steroid dienone is 1. The van der Waals surface area contributed by atoms with Crippen molar-refractivity contribution in [2.75, 3.05) is 5.75 Å². The fourth-order valence-electron chi connectivity index (χ4n) is 7.64. The lowest BCUT2D eigenvalue weighted by molar-refractivity contribution is -0.136. The van der Waals surface area contributed by atoms with Gasteiger partial charge in [-0.3, -0.25) is 14.4 Å². The molecule has 0 saturated heterocycles. The minimum absolute atomic E-state index is 0.0840. The quantitative estimate of drug-likeness (QED) is 0.687. The molecule has 0 aromatic carbocycles. The summed E-state index contributed by atoms with van der Waals surface area (Å²) in [6.45, 7) is 6.49. The number of carboxylic acid groups (broad SMARTS) is 1. The molecule has 0 bridgehead atoms. The first kappa shape index (κ1) is 21.1. The minimum atomic E-state index is -0.743. The van der Waals surface area contributed by atoms with Gasteiger partial charge in [-0.05, 0) is 80.1 Å². The molecule has 4 rings (SSSR count). The van der Waals surface area contributed by atoms with Crippen molar-refractivity contribution in [3.05, 3.63) is 11.6 Å². The number of fused-ring (bicyclic) bond motifs is 5. The molecule has 0 amide bonds. The summed E-state index contributed by atoms with van der Waals surface area (Å²) in [7, 11) is 0. The number of Topliss-reactive ketones (excluding diaryl/α,β-unsaturated/α-hetero) is 1. The van der Waals surface area contributed by atoms with E-state index in [1.165, 1.54) is 5.57 Å². The third-order valence-electron chi connectivity index (χ3n) is 9.10. The molecule has 160 valence electrons. The predicted octanol–water partition coefficient (Wildman–Crippen LogP) is 4.91. The summed E-state index contributed by atoms with van der Waals surface area (Å²) in [5.74, 6) is 2.25. The molecule has 29 heavy (non-hydrogen) atoms. The summed E-state index contributed by atoms with van der Waals surface area (Å²) < 4.78 is 0. The SMILES string of the molecule is CC(=O)[C@H]1CCC2C3C(CC[C@@]21C)[C@@]1(C)CCC(=O)C=C1C[C@H]3SCCC(=O)O. The van der Waals surface area contributed by atoms with Gasteiger partial charge >= 0.3 is 5.97 Å². The molecule has 0 heterocycles. The monoisotopic (exact) mass is 418 g/mol. The Balaban J connectivity index is 1.68. The Labute approximate surface area is 178 Å². The van der Waals surface area contributed by atoms with Gasteiger partial charge in [-0.25, -0.2) is 0 Å². The number of thioether (sulfide) groups is 1. The summed E-state index contributed by atoms with van der Waals surface area (Å²) in [5.41, 5.74) is 1.49. The van der Waals surface area contributed by atoms with E-state index >= 15 is 0 Å². The smallest absolute Gasteiger partial charge is 0.304 e. The number of carboxylic acids is 1. The lowest BCUT2D eigenvalue weighted by Gasteiger charge is -2.60. The Morgan fingerprint density at radius 1 is 1.17 bits per heavy atom. The molecule has 7 atom stereocenters. The van der Waals surface area contributed by atoms with Crippen molar-refractivity contribution in [1.82, 2.24) is 0 Å². The van der Waals surface area contributed by atoms with Gasteiger partial charge < -0.3 is 5.11 Å². The molecule has 3 saturated carbocycles. The molecule has 4 nitrogen and oxygen atoms in total. The molecule has 0 aromatic rings. The van der Waals surface area contributed by atoms with Crippen LogP contribution in [0.4, 0.5) is 0 Å². The van der Waals surface area contributed by atoms with Crippen LogP contribution in [0, 0.1) is 34.5 Å². The average molecular weight is 419 g/mol. The second-order valence-corrected chi connectivity index (χ2v) is 11.7. The van der Waals surface area contributed by atoms with E-state index < -0.39 is 5.97 Å². The molecule has 0 spiro atoms. The molecule has 0 aliphatic heterocycles. The largest absolute Gasteiger partial charge is 0.481 e. The van der Waals surface area contributed by atoms with Gasteiger partial charge in [0.2, 0.25) is 0 Å². The molecule has 0 aromatic heterocycles. The highest BCUT2D eigenvalue weighted by Gasteiger charge is 2.61. The van der Waals surface area contributed by atoms with Gasteiger partial charge in [0.15, 0.2) is 5.78 Å². The molecular formula is C24H34O4S. The Morgan fingerprint density at radius 3 is 2.62 bits per heavy atom. The number of carbonyl (C=O) groups is 3. The highest BCUT2D eigenvalue weighted by Crippen LogP contribution is 2.68. The highest BCUT2D eigenvalue weighted by molar-refractivity contribution is 7.99. The Hall–Kier alpha value is -1.10. The predicted molar refractivity (Wildman–Crippen MR) is 115 cm³/mol. The molecule has 5 heteroatoms. The van der Waals surface area contributed by atoms with E-state index in [0.29, 0.717) is 41.0 Å². The van der Waals surface area contributed by atoms with Crippen molar-refractivity contribution >= 4 is 29.3 Å². The first-order chi connectivity index (χ1) is 13.7. The van der Waals surface area contributed by atoms with Crippen molar-refractivity contribution < 1.29 is 19.5 Å². The Bertz CT molecular complexity index is 758. The zero-order chi connectivity index (χ0) is 21.0. The average Bonchev–Trinajstić information content (AvgIpc) is 3.00. The second kappa shape index (κ2) is 7.55. The summed E-state index contributed by atoms with van der Waals surface area (Å²) >= 11 is 1.81. The van der Waals surface area contributed by atoms with Gasteiger partial charge in [0.05, 0.1) is 6.42 Å². The van der Waals surface area contributed by atoms with Crippen molar-refractivity contribution in [2.24, 2.45) is 34.5 Å². The van der Waals surface area contributed by atoms with Gasteiger partial charge in [-0.2, -0.15) is 11.8 Å². The van der Waals surface area contributed by atoms with Crippen LogP contribution in [0.2, 0.25) is 0 Å². The summed E-state index contributed by atoms with van der Waals surface area (Å²) in [6.07, 6.45) is 8.97. The number of aliphatic carboxylic acids is 1. The molecule has 4 aliphatic rings. The van der Waals surface area contributed by atoms with Crippen LogP contribution < -0.4 is 0 Å². The van der Waals surface area contributed by atoms with Crippen LogP contribution in [-0.4, -0.2) is 33.6 Å². The summed E-state index contributed by atoms with van der Waals surface area (Å²) in [5, 5.41) is 9.48. The second-order valence-electron chi connectivity index (χ2n) is 10.4. The van der Waals surface area contributed by atoms with Crippen LogP contribution in [0.15, 0.2) is 11.6 Å². The van der Waals surface area contributed by atoms with Crippen LogP contribution in [0.25, 0.3) is 0 Å². The zero-order valence-corrected chi connectivity index (χ0v) is 18.7. The fourth-order valence-corrected chi connectivity index (χ4v) is 9.13. The maximum Gasteiger partial charge on any atom is 0.304 e. The van der Waals surface area contributed by atoms with Crippen LogP contribution in [-0.2, 0) is 14.4 Å². The Kier molecular flexibility index (Phi) is 5.50. The lowest BCUT2D eigenvalue weighted by atomic mass is 9.46. The maximum absolute atomic E-state index is 12.4. The van der Waals surface area contributed by atoms with Crippen molar-refractivity contribution in [2.45, 2.75) is 77.4 Å². The number of ketones is 2. The van der Waals surface area contributed by atoms with Crippen LogP contribution >= 0.6 is 11.8 Å². The lowest BCUT2D eigenvalue weighted by Crippen LogP contribution is -2.55. The van der Waals surface area contributed by atoms with E-state index in [9.17, 15) is 14.4 Å². The topological polar surface area (TPSA) is 71.4 Å². The molecule has 3 unspecified atom stereocenters. The van der Waals surface area contributed by atoms with Crippen molar-refractivity contribution in [1.29, 1.82) is 0 Å². The number of hydrogen-bond acceptors (Lipinski definition) is 4. The van der Waals surface area contributed by atoms with Crippen molar-refractivity contribution in [3.63, 3.8) is 0 Å². The van der Waals surface area contributed by atoms with Gasteiger partial charge in [0.25, 0.3) is 0 Å². The van der Waals surface area contributed by atoms with Gasteiger partial charge in [0, 0.05) is 23.3 Å².